The standard InChI is InChI=1S/C13H20N2O4S/c1-10-5-6-15(8-12(10)19-2)20(17,18)13-4-3-11(9-16)7-14-13/h3-4,7,10,12,16H,5-6,8-9H2,1-2H3. The maximum Gasteiger partial charge on any atom is 0.260 e. The first-order valence-corrected chi connectivity index (χ1v) is 8.01. The van der Waals surface area contributed by atoms with Gasteiger partial charge < -0.3 is 9.84 Å². The molecule has 2 unspecified atom stereocenters. The fourth-order valence-electron chi connectivity index (χ4n) is 2.32. The van der Waals surface area contributed by atoms with E-state index in [-0.39, 0.29) is 17.7 Å². The molecule has 1 saturated heterocycles. The topological polar surface area (TPSA) is 79.7 Å². The van der Waals surface area contributed by atoms with Crippen LogP contribution in [-0.2, 0) is 21.4 Å². The summed E-state index contributed by atoms with van der Waals surface area (Å²) >= 11 is 0. The normalized spacial score (nSPS) is 24.8. The first kappa shape index (κ1) is 15.4. The minimum Gasteiger partial charge on any atom is -0.392 e. The molecule has 112 valence electrons. The molecule has 1 aromatic heterocycles. The van der Waals surface area contributed by atoms with Gasteiger partial charge in [-0.05, 0) is 24.0 Å². The van der Waals surface area contributed by atoms with Gasteiger partial charge in [0.1, 0.15) is 0 Å². The molecule has 6 nitrogen and oxygen atoms in total. The Morgan fingerprint density at radius 2 is 2.25 bits per heavy atom. The molecule has 7 heteroatoms. The monoisotopic (exact) mass is 300 g/mol. The SMILES string of the molecule is COC1CN(S(=O)(=O)c2ccc(CO)cn2)CCC1C. The predicted octanol–water partition coefficient (Wildman–Crippen LogP) is 0.619. The van der Waals surface area contributed by atoms with Gasteiger partial charge >= 0.3 is 0 Å². The molecule has 1 aliphatic rings. The van der Waals surface area contributed by atoms with Gasteiger partial charge in [-0.1, -0.05) is 13.0 Å². The van der Waals surface area contributed by atoms with Crippen molar-refractivity contribution in [2.45, 2.75) is 31.1 Å². The summed E-state index contributed by atoms with van der Waals surface area (Å²) in [6.45, 7) is 2.74. The van der Waals surface area contributed by atoms with Crippen LogP contribution in [0.15, 0.2) is 23.4 Å². The highest BCUT2D eigenvalue weighted by molar-refractivity contribution is 7.89. The van der Waals surface area contributed by atoms with E-state index in [1.54, 1.807) is 13.2 Å². The maximum absolute atomic E-state index is 12.5. The van der Waals surface area contributed by atoms with Crippen molar-refractivity contribution in [3.8, 4) is 0 Å². The highest BCUT2D eigenvalue weighted by Crippen LogP contribution is 2.24. The number of methoxy groups -OCH3 is 1. The van der Waals surface area contributed by atoms with Gasteiger partial charge in [0.05, 0.1) is 12.7 Å². The quantitative estimate of drug-likeness (QED) is 0.882. The number of nitrogens with zero attached hydrogens (tertiary/aromatic N) is 2. The number of ether oxygens (including phenoxy) is 1. The summed E-state index contributed by atoms with van der Waals surface area (Å²) in [4.78, 5) is 3.94. The first-order chi connectivity index (χ1) is 9.48. The maximum atomic E-state index is 12.5. The molecule has 0 aliphatic carbocycles. The lowest BCUT2D eigenvalue weighted by atomic mass is 9.97. The Morgan fingerprint density at radius 3 is 2.80 bits per heavy atom. The number of aliphatic hydroxyl groups excluding tert-OH is 1. The van der Waals surface area contributed by atoms with E-state index >= 15 is 0 Å². The molecule has 20 heavy (non-hydrogen) atoms. The van der Waals surface area contributed by atoms with Crippen molar-refractivity contribution in [2.75, 3.05) is 20.2 Å². The molecule has 2 rings (SSSR count). The summed E-state index contributed by atoms with van der Waals surface area (Å²) in [5, 5.41) is 8.97. The highest BCUT2D eigenvalue weighted by Gasteiger charge is 2.34. The number of aliphatic hydroxyl groups is 1. The third-order valence-corrected chi connectivity index (χ3v) is 5.52. The fourth-order valence-corrected chi connectivity index (χ4v) is 3.70. The van der Waals surface area contributed by atoms with Gasteiger partial charge in [0.15, 0.2) is 5.03 Å². The van der Waals surface area contributed by atoms with E-state index in [1.165, 1.54) is 16.6 Å². The number of pyridine rings is 1. The molecule has 1 aliphatic heterocycles. The summed E-state index contributed by atoms with van der Waals surface area (Å²) < 4.78 is 31.8. The molecular formula is C13H20N2O4S. The van der Waals surface area contributed by atoms with Crippen molar-refractivity contribution in [1.29, 1.82) is 0 Å². The van der Waals surface area contributed by atoms with Crippen molar-refractivity contribution in [3.05, 3.63) is 23.9 Å². The minimum absolute atomic E-state index is 0.0131. The summed E-state index contributed by atoms with van der Waals surface area (Å²) in [5.41, 5.74) is 0.589. The molecule has 1 N–H and O–H groups in total. The Morgan fingerprint density at radius 1 is 1.50 bits per heavy atom. The number of hydrogen-bond donors (Lipinski definition) is 1. The number of rotatable bonds is 4. The van der Waals surface area contributed by atoms with Crippen molar-refractivity contribution in [3.63, 3.8) is 0 Å². The van der Waals surface area contributed by atoms with E-state index in [1.807, 2.05) is 0 Å². The van der Waals surface area contributed by atoms with Gasteiger partial charge in [-0.3, -0.25) is 0 Å². The lowest BCUT2D eigenvalue weighted by molar-refractivity contribution is 0.0183. The number of sulfonamides is 1. The second-order valence-corrected chi connectivity index (χ2v) is 6.95. The van der Waals surface area contributed by atoms with Crippen molar-refractivity contribution in [1.82, 2.24) is 9.29 Å². The lowest BCUT2D eigenvalue weighted by Gasteiger charge is -2.35. The van der Waals surface area contributed by atoms with Crippen LogP contribution < -0.4 is 0 Å². The predicted molar refractivity (Wildman–Crippen MR) is 73.5 cm³/mol. The number of hydrogen-bond acceptors (Lipinski definition) is 5. The lowest BCUT2D eigenvalue weighted by Crippen LogP contribution is -2.46. The number of aromatic nitrogens is 1. The molecule has 0 aromatic carbocycles. The van der Waals surface area contributed by atoms with Crippen molar-refractivity contribution < 1.29 is 18.3 Å². The average molecular weight is 300 g/mol. The molecule has 2 heterocycles. The van der Waals surface area contributed by atoms with Crippen LogP contribution in [0.25, 0.3) is 0 Å². The van der Waals surface area contributed by atoms with Gasteiger partial charge in [-0.25, -0.2) is 13.4 Å². The molecule has 0 bridgehead atoms. The zero-order chi connectivity index (χ0) is 14.8. The van der Waals surface area contributed by atoms with Gasteiger partial charge in [-0.2, -0.15) is 4.31 Å². The van der Waals surface area contributed by atoms with E-state index in [4.69, 9.17) is 9.84 Å². The summed E-state index contributed by atoms with van der Waals surface area (Å²) in [6.07, 6.45) is 2.06. The Balaban J connectivity index is 2.21. The molecular weight excluding hydrogens is 280 g/mol. The van der Waals surface area contributed by atoms with E-state index in [0.717, 1.165) is 6.42 Å². The Kier molecular flexibility index (Phi) is 4.74. The second kappa shape index (κ2) is 6.17. The Bertz CT molecular complexity index is 544. The van der Waals surface area contributed by atoms with Crippen molar-refractivity contribution in [2.24, 2.45) is 5.92 Å². The highest BCUT2D eigenvalue weighted by atomic mass is 32.2. The van der Waals surface area contributed by atoms with Crippen LogP contribution in [-0.4, -0.2) is 49.1 Å². The van der Waals surface area contributed by atoms with Crippen LogP contribution in [0.4, 0.5) is 0 Å². The van der Waals surface area contributed by atoms with E-state index in [2.05, 4.69) is 11.9 Å². The van der Waals surface area contributed by atoms with Gasteiger partial charge in [0, 0.05) is 26.4 Å². The molecule has 0 radical (unpaired) electrons. The van der Waals surface area contributed by atoms with Gasteiger partial charge in [0.2, 0.25) is 0 Å². The smallest absolute Gasteiger partial charge is 0.260 e. The largest absolute Gasteiger partial charge is 0.392 e. The second-order valence-electron chi connectivity index (χ2n) is 5.07. The van der Waals surface area contributed by atoms with Crippen LogP contribution in [0.3, 0.4) is 0 Å². The third-order valence-electron chi connectivity index (χ3n) is 3.74. The van der Waals surface area contributed by atoms with Gasteiger partial charge in [0.25, 0.3) is 10.0 Å². The van der Waals surface area contributed by atoms with Crippen LogP contribution in [0, 0.1) is 5.92 Å². The fraction of sp³-hybridized carbons (Fsp3) is 0.615. The molecule has 2 atom stereocenters. The summed E-state index contributed by atoms with van der Waals surface area (Å²) in [6, 6.07) is 3.00. The van der Waals surface area contributed by atoms with Crippen LogP contribution in [0.1, 0.15) is 18.9 Å². The number of piperidine rings is 1. The van der Waals surface area contributed by atoms with E-state index in [9.17, 15) is 8.42 Å². The Labute approximate surface area is 119 Å². The third kappa shape index (κ3) is 3.01. The molecule has 0 spiro atoms. The van der Waals surface area contributed by atoms with E-state index < -0.39 is 10.0 Å². The van der Waals surface area contributed by atoms with Crippen LogP contribution in [0.5, 0.6) is 0 Å². The molecule has 0 amide bonds. The van der Waals surface area contributed by atoms with E-state index in [0.29, 0.717) is 24.6 Å². The minimum atomic E-state index is -3.59. The van der Waals surface area contributed by atoms with Crippen molar-refractivity contribution >= 4 is 10.0 Å². The summed E-state index contributed by atoms with van der Waals surface area (Å²) in [5.74, 6) is 0.344. The van der Waals surface area contributed by atoms with Gasteiger partial charge in [-0.15, -0.1) is 0 Å². The molecule has 1 aromatic rings. The molecule has 0 saturated carbocycles. The average Bonchev–Trinajstić information content (AvgIpc) is 2.47. The Hall–Kier alpha value is -1.02. The summed E-state index contributed by atoms with van der Waals surface area (Å²) in [7, 11) is -1.99. The zero-order valence-corrected chi connectivity index (χ0v) is 12.5. The molecule has 1 fully saturated rings. The zero-order valence-electron chi connectivity index (χ0n) is 11.7. The van der Waals surface area contributed by atoms with Crippen LogP contribution in [0.2, 0.25) is 0 Å². The van der Waals surface area contributed by atoms with Crippen LogP contribution >= 0.6 is 0 Å². The first-order valence-electron chi connectivity index (χ1n) is 6.57.